The number of pyridine rings is 1. The highest BCUT2D eigenvalue weighted by molar-refractivity contribution is 6.16. The first-order valence-electron chi connectivity index (χ1n) is 7.64. The Morgan fingerprint density at radius 1 is 1.12 bits per heavy atom. The van der Waals surface area contributed by atoms with Gasteiger partial charge in [-0.05, 0) is 30.3 Å². The zero-order chi connectivity index (χ0) is 17.6. The number of hydrogen-bond acceptors (Lipinski definition) is 5. The number of H-pyrrole nitrogens is 1. The summed E-state index contributed by atoms with van der Waals surface area (Å²) >= 11 is 5.98. The van der Waals surface area contributed by atoms with E-state index in [0.29, 0.717) is 24.9 Å². The average Bonchev–Trinajstić information content (AvgIpc) is 3.07. The van der Waals surface area contributed by atoms with Gasteiger partial charge in [-0.1, -0.05) is 0 Å². The van der Waals surface area contributed by atoms with E-state index in [1.807, 2.05) is 28.8 Å². The van der Waals surface area contributed by atoms with Crippen LogP contribution in [-0.4, -0.2) is 40.1 Å². The van der Waals surface area contributed by atoms with Gasteiger partial charge in [-0.2, -0.15) is 0 Å². The molecular formula is C17H17ClN4O3. The van der Waals surface area contributed by atoms with E-state index in [0.717, 1.165) is 17.0 Å². The fraction of sp³-hybridized carbons (Fsp3) is 0.235. The summed E-state index contributed by atoms with van der Waals surface area (Å²) in [4.78, 5) is 14.0. The molecule has 0 spiro atoms. The molecule has 0 aliphatic heterocycles. The minimum Gasteiger partial charge on any atom is -0.491 e. The first kappa shape index (κ1) is 17.2. The molecule has 8 heteroatoms. The molecule has 2 heterocycles. The van der Waals surface area contributed by atoms with Gasteiger partial charge in [0.1, 0.15) is 12.4 Å². The third-order valence-corrected chi connectivity index (χ3v) is 3.78. The molecule has 0 bridgehead atoms. The summed E-state index contributed by atoms with van der Waals surface area (Å²) in [6.07, 6.45) is 1.60. The highest BCUT2D eigenvalue weighted by atomic mass is 35.5. The number of methoxy groups -OCH3 is 1. The zero-order valence-electron chi connectivity index (χ0n) is 13.6. The van der Waals surface area contributed by atoms with E-state index >= 15 is 0 Å². The van der Waals surface area contributed by atoms with E-state index in [2.05, 4.69) is 15.2 Å². The molecule has 0 saturated heterocycles. The summed E-state index contributed by atoms with van der Waals surface area (Å²) in [5, 5.41) is 8.37. The van der Waals surface area contributed by atoms with Crippen molar-refractivity contribution < 1.29 is 9.47 Å². The molecule has 0 saturated carbocycles. The third kappa shape index (κ3) is 3.89. The van der Waals surface area contributed by atoms with Gasteiger partial charge in [0, 0.05) is 24.9 Å². The van der Waals surface area contributed by atoms with Gasteiger partial charge in [-0.25, -0.2) is 0 Å². The quantitative estimate of drug-likeness (QED) is 0.516. The van der Waals surface area contributed by atoms with Crippen LogP contribution in [0.2, 0.25) is 0 Å². The van der Waals surface area contributed by atoms with Gasteiger partial charge >= 0.3 is 0 Å². The third-order valence-electron chi connectivity index (χ3n) is 3.54. The summed E-state index contributed by atoms with van der Waals surface area (Å²) < 4.78 is 12.3. The number of aromatic amines is 1. The molecule has 0 amide bonds. The summed E-state index contributed by atoms with van der Waals surface area (Å²) in [5.74, 6) is 2.16. The van der Waals surface area contributed by atoms with Gasteiger partial charge in [0.15, 0.2) is 11.6 Å². The maximum Gasteiger partial charge on any atom is 0.248 e. The summed E-state index contributed by atoms with van der Waals surface area (Å²) in [6, 6.07) is 10.7. The van der Waals surface area contributed by atoms with Crippen LogP contribution in [0.15, 0.2) is 47.4 Å². The molecule has 1 N–H and O–H groups in total. The van der Waals surface area contributed by atoms with Crippen LogP contribution in [0, 0.1) is 0 Å². The number of nitrogens with one attached hydrogen (secondary N) is 1. The van der Waals surface area contributed by atoms with Crippen molar-refractivity contribution in [1.29, 1.82) is 0 Å². The SMILES string of the molecule is COCCOc1ccc(-c2nnc(CCl)n2-c2ccc(=O)[nH]c2)cc1. The first-order chi connectivity index (χ1) is 12.2. The minimum absolute atomic E-state index is 0.177. The van der Waals surface area contributed by atoms with Crippen molar-refractivity contribution in [2.24, 2.45) is 0 Å². The van der Waals surface area contributed by atoms with Gasteiger partial charge in [0.25, 0.3) is 0 Å². The molecule has 25 heavy (non-hydrogen) atoms. The van der Waals surface area contributed by atoms with E-state index in [-0.39, 0.29) is 11.4 Å². The molecule has 0 aliphatic carbocycles. The van der Waals surface area contributed by atoms with Crippen molar-refractivity contribution in [3.8, 4) is 22.8 Å². The van der Waals surface area contributed by atoms with E-state index in [1.165, 1.54) is 6.07 Å². The van der Waals surface area contributed by atoms with Gasteiger partial charge in [-0.15, -0.1) is 21.8 Å². The molecule has 3 rings (SSSR count). The monoisotopic (exact) mass is 360 g/mol. The standard InChI is InChI=1S/C17H17ClN4O3/c1-24-8-9-25-14-5-2-12(3-6-14)17-21-20-15(10-18)22(17)13-4-7-16(23)19-11-13/h2-7,11H,8-10H2,1H3,(H,19,23). The lowest BCUT2D eigenvalue weighted by molar-refractivity contribution is 0.146. The minimum atomic E-state index is -0.177. The molecular weight excluding hydrogens is 344 g/mol. The molecule has 0 unspecified atom stereocenters. The Morgan fingerprint density at radius 3 is 2.56 bits per heavy atom. The lowest BCUT2D eigenvalue weighted by Crippen LogP contribution is -2.07. The molecule has 0 radical (unpaired) electrons. The molecule has 1 aromatic carbocycles. The number of alkyl halides is 1. The predicted octanol–water partition coefficient (Wildman–Crippen LogP) is 2.39. The highest BCUT2D eigenvalue weighted by Crippen LogP contribution is 2.25. The number of benzene rings is 1. The molecule has 0 fully saturated rings. The molecule has 2 aromatic heterocycles. The Balaban J connectivity index is 1.93. The van der Waals surface area contributed by atoms with Crippen LogP contribution in [0.4, 0.5) is 0 Å². The summed E-state index contributed by atoms with van der Waals surface area (Å²) in [7, 11) is 1.63. The first-order valence-corrected chi connectivity index (χ1v) is 8.18. The van der Waals surface area contributed by atoms with Crippen molar-refractivity contribution in [1.82, 2.24) is 19.7 Å². The average molecular weight is 361 g/mol. The Labute approximate surface area is 149 Å². The van der Waals surface area contributed by atoms with Gasteiger partial charge < -0.3 is 14.5 Å². The second-order valence-corrected chi connectivity index (χ2v) is 5.45. The maximum atomic E-state index is 11.3. The van der Waals surface area contributed by atoms with Gasteiger partial charge in [-0.3, -0.25) is 9.36 Å². The van der Waals surface area contributed by atoms with Crippen molar-refractivity contribution in [3.05, 3.63) is 58.8 Å². The molecule has 130 valence electrons. The number of rotatable bonds is 7. The second-order valence-electron chi connectivity index (χ2n) is 5.19. The predicted molar refractivity (Wildman–Crippen MR) is 94.3 cm³/mol. The molecule has 0 aliphatic rings. The van der Waals surface area contributed by atoms with E-state index < -0.39 is 0 Å². The van der Waals surface area contributed by atoms with Crippen LogP contribution in [0.3, 0.4) is 0 Å². The Hall–Kier alpha value is -2.64. The van der Waals surface area contributed by atoms with Crippen LogP contribution in [0.1, 0.15) is 5.82 Å². The van der Waals surface area contributed by atoms with Crippen LogP contribution in [0.25, 0.3) is 17.1 Å². The van der Waals surface area contributed by atoms with Gasteiger partial charge in [0.05, 0.1) is 18.2 Å². The maximum absolute atomic E-state index is 11.3. The molecule has 3 aromatic rings. The van der Waals surface area contributed by atoms with Gasteiger partial charge in [0.2, 0.25) is 5.56 Å². The number of aromatic nitrogens is 4. The van der Waals surface area contributed by atoms with Crippen LogP contribution in [-0.2, 0) is 10.6 Å². The zero-order valence-corrected chi connectivity index (χ0v) is 14.4. The van der Waals surface area contributed by atoms with Crippen molar-refractivity contribution in [2.75, 3.05) is 20.3 Å². The second kappa shape index (κ2) is 7.96. The van der Waals surface area contributed by atoms with E-state index in [4.69, 9.17) is 21.1 Å². The number of halogens is 1. The fourth-order valence-corrected chi connectivity index (χ4v) is 2.52. The van der Waals surface area contributed by atoms with Crippen molar-refractivity contribution >= 4 is 11.6 Å². The normalized spacial score (nSPS) is 10.8. The lowest BCUT2D eigenvalue weighted by atomic mass is 10.2. The largest absolute Gasteiger partial charge is 0.491 e. The van der Waals surface area contributed by atoms with E-state index in [9.17, 15) is 4.79 Å². The Kier molecular flexibility index (Phi) is 5.47. The summed E-state index contributed by atoms with van der Waals surface area (Å²) in [5.41, 5.74) is 1.41. The number of ether oxygens (including phenoxy) is 2. The van der Waals surface area contributed by atoms with Crippen LogP contribution in [0.5, 0.6) is 5.75 Å². The lowest BCUT2D eigenvalue weighted by Gasteiger charge is -2.10. The Bertz CT molecular complexity index is 869. The number of hydrogen-bond donors (Lipinski definition) is 1. The molecule has 0 atom stereocenters. The van der Waals surface area contributed by atoms with E-state index in [1.54, 1.807) is 19.4 Å². The summed E-state index contributed by atoms with van der Waals surface area (Å²) in [6.45, 7) is 1.02. The fourth-order valence-electron chi connectivity index (χ4n) is 2.35. The number of nitrogens with zero attached hydrogens (tertiary/aromatic N) is 3. The van der Waals surface area contributed by atoms with Crippen molar-refractivity contribution in [2.45, 2.75) is 5.88 Å². The van der Waals surface area contributed by atoms with Crippen LogP contribution >= 0.6 is 11.6 Å². The smallest absolute Gasteiger partial charge is 0.248 e. The Morgan fingerprint density at radius 2 is 1.92 bits per heavy atom. The molecule has 7 nitrogen and oxygen atoms in total. The topological polar surface area (TPSA) is 82.0 Å². The highest BCUT2D eigenvalue weighted by Gasteiger charge is 2.15. The van der Waals surface area contributed by atoms with Crippen molar-refractivity contribution in [3.63, 3.8) is 0 Å². The van der Waals surface area contributed by atoms with Crippen LogP contribution < -0.4 is 10.3 Å².